The van der Waals surface area contributed by atoms with Gasteiger partial charge in [-0.05, 0) is 79.0 Å². The van der Waals surface area contributed by atoms with E-state index in [2.05, 4.69) is 29.6 Å². The Bertz CT molecular complexity index is 1040. The van der Waals surface area contributed by atoms with E-state index in [0.717, 1.165) is 43.5 Å². The van der Waals surface area contributed by atoms with Crippen LogP contribution in [0.4, 0.5) is 10.5 Å². The average Bonchev–Trinajstić information content (AvgIpc) is 3.40. The minimum atomic E-state index is -0.292. The lowest BCUT2D eigenvalue weighted by Crippen LogP contribution is -2.51. The summed E-state index contributed by atoms with van der Waals surface area (Å²) in [5, 5.41) is 3.33. The van der Waals surface area contributed by atoms with Crippen LogP contribution in [0.1, 0.15) is 56.1 Å². The van der Waals surface area contributed by atoms with E-state index in [9.17, 15) is 9.59 Å². The fourth-order valence-corrected chi connectivity index (χ4v) is 7.31. The topological polar surface area (TPSA) is 58.6 Å². The van der Waals surface area contributed by atoms with E-state index in [-0.39, 0.29) is 23.0 Å². The van der Waals surface area contributed by atoms with Crippen molar-refractivity contribution in [1.29, 1.82) is 0 Å². The molecule has 4 atom stereocenters. The maximum Gasteiger partial charge on any atom is 0.407 e. The van der Waals surface area contributed by atoms with Crippen molar-refractivity contribution in [1.82, 2.24) is 5.32 Å². The third-order valence-corrected chi connectivity index (χ3v) is 8.45. The Morgan fingerprint density at radius 1 is 1.06 bits per heavy atom. The van der Waals surface area contributed by atoms with Gasteiger partial charge in [-0.2, -0.15) is 0 Å². The largest absolute Gasteiger partial charge is 0.445 e. The summed E-state index contributed by atoms with van der Waals surface area (Å²) in [6.07, 6.45) is 6.91. The normalized spacial score (nSPS) is 32.5. The van der Waals surface area contributed by atoms with E-state index in [1.54, 1.807) is 0 Å². The van der Waals surface area contributed by atoms with Gasteiger partial charge in [0.05, 0.1) is 0 Å². The smallest absolute Gasteiger partial charge is 0.407 e. The number of carbonyl (C=O) groups excluding carboxylic acids is 2. The standard InChI is InChI=1S/C27H30N2O3/c30-24-7-4-12-29(24)23-10-8-21(9-11-23)26-14-20-13-22(16-26)27(15-20,18-26)28-25(31)32-17-19-5-2-1-3-6-19/h1-3,5-6,8-11,20,22H,4,7,12-18H2,(H,28,31). The van der Waals surface area contributed by atoms with Crippen LogP contribution in [0.15, 0.2) is 54.6 Å². The second-order valence-corrected chi connectivity index (χ2v) is 10.4. The molecular formula is C27H30N2O3. The van der Waals surface area contributed by atoms with E-state index in [4.69, 9.17) is 4.74 Å². The second kappa shape index (κ2) is 7.36. The van der Waals surface area contributed by atoms with Gasteiger partial charge in [0.1, 0.15) is 6.61 Å². The van der Waals surface area contributed by atoms with Crippen LogP contribution >= 0.6 is 0 Å². The number of anilines is 1. The molecule has 4 bridgehead atoms. The van der Waals surface area contributed by atoms with Gasteiger partial charge in [0, 0.05) is 24.2 Å². The SMILES string of the molecule is O=C(NC12CC3CC1CC(c1ccc(N4CCCC4=O)cc1)(C3)C2)OCc1ccccc1. The number of benzene rings is 2. The molecule has 4 saturated carbocycles. The number of nitrogens with zero attached hydrogens (tertiary/aromatic N) is 1. The first-order valence-electron chi connectivity index (χ1n) is 12.0. The molecule has 4 unspecified atom stereocenters. The zero-order valence-corrected chi connectivity index (χ0v) is 18.4. The highest BCUT2D eigenvalue weighted by atomic mass is 16.5. The summed E-state index contributed by atoms with van der Waals surface area (Å²) in [5.74, 6) is 1.41. The summed E-state index contributed by atoms with van der Waals surface area (Å²) >= 11 is 0. The minimum absolute atomic E-state index is 0.131. The Hall–Kier alpha value is -2.82. The first-order chi connectivity index (χ1) is 15.6. The van der Waals surface area contributed by atoms with Crippen molar-refractivity contribution in [2.24, 2.45) is 11.8 Å². The quantitative estimate of drug-likeness (QED) is 0.731. The van der Waals surface area contributed by atoms with E-state index < -0.39 is 0 Å². The van der Waals surface area contributed by atoms with Crippen LogP contribution in [0, 0.1) is 11.8 Å². The maximum absolute atomic E-state index is 12.7. The molecule has 5 heteroatoms. The molecule has 0 aromatic heterocycles. The Morgan fingerprint density at radius 3 is 2.62 bits per heavy atom. The van der Waals surface area contributed by atoms with Crippen LogP contribution in [0.25, 0.3) is 0 Å². The van der Waals surface area contributed by atoms with Crippen molar-refractivity contribution in [2.45, 2.75) is 62.5 Å². The summed E-state index contributed by atoms with van der Waals surface area (Å²) in [5.41, 5.74) is 3.38. The lowest BCUT2D eigenvalue weighted by atomic mass is 9.65. The number of carbonyl (C=O) groups is 2. The number of nitrogens with one attached hydrogen (secondary N) is 1. The highest BCUT2D eigenvalue weighted by molar-refractivity contribution is 5.95. The van der Waals surface area contributed by atoms with Crippen molar-refractivity contribution >= 4 is 17.7 Å². The van der Waals surface area contributed by atoms with Crippen molar-refractivity contribution in [3.63, 3.8) is 0 Å². The lowest BCUT2D eigenvalue weighted by molar-refractivity contribution is -0.117. The van der Waals surface area contributed by atoms with Gasteiger partial charge in [-0.1, -0.05) is 42.5 Å². The van der Waals surface area contributed by atoms with Gasteiger partial charge in [-0.25, -0.2) is 4.79 Å². The van der Waals surface area contributed by atoms with Crippen LogP contribution < -0.4 is 10.2 Å². The summed E-state index contributed by atoms with van der Waals surface area (Å²) < 4.78 is 5.58. The number of rotatable bonds is 5. The molecule has 5 fully saturated rings. The molecule has 4 aliphatic carbocycles. The average molecular weight is 431 g/mol. The van der Waals surface area contributed by atoms with Crippen molar-refractivity contribution < 1.29 is 14.3 Å². The zero-order valence-electron chi connectivity index (χ0n) is 18.4. The molecule has 0 radical (unpaired) electrons. The lowest BCUT2D eigenvalue weighted by Gasteiger charge is -2.41. The number of amides is 2. The number of hydrogen-bond donors (Lipinski definition) is 1. The molecular weight excluding hydrogens is 400 g/mol. The van der Waals surface area contributed by atoms with E-state index in [1.165, 1.54) is 18.4 Å². The van der Waals surface area contributed by atoms with Gasteiger partial charge < -0.3 is 15.0 Å². The predicted molar refractivity (Wildman–Crippen MR) is 122 cm³/mol. The molecule has 0 spiro atoms. The van der Waals surface area contributed by atoms with Gasteiger partial charge in [0.2, 0.25) is 5.91 Å². The Balaban J connectivity index is 1.17. The molecule has 1 aliphatic heterocycles. The highest BCUT2D eigenvalue weighted by Crippen LogP contribution is 2.66. The van der Waals surface area contributed by atoms with Crippen molar-refractivity contribution in [2.75, 3.05) is 11.4 Å². The fraction of sp³-hybridized carbons (Fsp3) is 0.481. The van der Waals surface area contributed by atoms with E-state index in [1.807, 2.05) is 35.2 Å². The first-order valence-corrected chi connectivity index (χ1v) is 12.0. The van der Waals surface area contributed by atoms with Crippen LogP contribution in [-0.2, 0) is 21.6 Å². The molecule has 7 rings (SSSR count). The highest BCUT2D eigenvalue weighted by Gasteiger charge is 2.65. The molecule has 1 N–H and O–H groups in total. The molecule has 2 aromatic carbocycles. The molecule has 1 heterocycles. The summed E-state index contributed by atoms with van der Waals surface area (Å²) in [7, 11) is 0. The second-order valence-electron chi connectivity index (χ2n) is 10.4. The van der Waals surface area contributed by atoms with Crippen LogP contribution in [-0.4, -0.2) is 24.1 Å². The fourth-order valence-electron chi connectivity index (χ4n) is 7.31. The molecule has 166 valence electrons. The van der Waals surface area contributed by atoms with E-state index >= 15 is 0 Å². The summed E-state index contributed by atoms with van der Waals surface area (Å²) in [6, 6.07) is 18.5. The molecule has 5 aliphatic rings. The molecule has 2 aromatic rings. The van der Waals surface area contributed by atoms with Gasteiger partial charge in [0.25, 0.3) is 0 Å². The zero-order chi connectivity index (χ0) is 21.8. The van der Waals surface area contributed by atoms with E-state index in [0.29, 0.717) is 24.9 Å². The van der Waals surface area contributed by atoms with Gasteiger partial charge in [-0.15, -0.1) is 0 Å². The van der Waals surface area contributed by atoms with Crippen LogP contribution in [0.5, 0.6) is 0 Å². The van der Waals surface area contributed by atoms with Crippen LogP contribution in [0.3, 0.4) is 0 Å². The number of alkyl carbamates (subject to hydrolysis) is 1. The Kier molecular flexibility index (Phi) is 4.56. The van der Waals surface area contributed by atoms with Crippen LogP contribution in [0.2, 0.25) is 0 Å². The molecule has 2 amide bonds. The first kappa shape index (κ1) is 19.8. The third-order valence-electron chi connectivity index (χ3n) is 8.45. The van der Waals surface area contributed by atoms with Gasteiger partial charge in [-0.3, -0.25) is 4.79 Å². The Morgan fingerprint density at radius 2 is 1.88 bits per heavy atom. The van der Waals surface area contributed by atoms with Crippen molar-refractivity contribution in [3.05, 3.63) is 65.7 Å². The van der Waals surface area contributed by atoms with Crippen molar-refractivity contribution in [3.8, 4) is 0 Å². The molecule has 1 saturated heterocycles. The minimum Gasteiger partial charge on any atom is -0.445 e. The monoisotopic (exact) mass is 430 g/mol. The summed E-state index contributed by atoms with van der Waals surface area (Å²) in [4.78, 5) is 26.7. The Labute approximate surface area is 189 Å². The maximum atomic E-state index is 12.7. The molecule has 5 nitrogen and oxygen atoms in total. The third kappa shape index (κ3) is 3.21. The van der Waals surface area contributed by atoms with Gasteiger partial charge in [0.15, 0.2) is 0 Å². The molecule has 32 heavy (non-hydrogen) atoms. The number of ether oxygens (including phenoxy) is 1. The predicted octanol–water partition coefficient (Wildman–Crippen LogP) is 4.94. The number of hydrogen-bond acceptors (Lipinski definition) is 3. The summed E-state index contributed by atoms with van der Waals surface area (Å²) in [6.45, 7) is 1.13. The van der Waals surface area contributed by atoms with Gasteiger partial charge >= 0.3 is 6.09 Å².